The smallest absolute Gasteiger partial charge is 0.160 e. The molecule has 0 aliphatic rings. The number of carbonyl (C=O) groups excluding carboxylic acids is 1. The first kappa shape index (κ1) is 14.0. The molecule has 2 heteroatoms. The van der Waals surface area contributed by atoms with Crippen LogP contribution < -0.4 is 0 Å². The highest BCUT2D eigenvalue weighted by Crippen LogP contribution is 2.30. The fourth-order valence-electron chi connectivity index (χ4n) is 2.38. The van der Waals surface area contributed by atoms with Crippen molar-refractivity contribution >= 4 is 17.6 Å². The van der Waals surface area contributed by atoms with E-state index in [-0.39, 0.29) is 0 Å². The highest BCUT2D eigenvalue weighted by atomic mass is 32.1. The van der Waals surface area contributed by atoms with Crippen molar-refractivity contribution in [3.8, 4) is 11.1 Å². The van der Waals surface area contributed by atoms with Gasteiger partial charge in [-0.3, -0.25) is 4.79 Å². The lowest BCUT2D eigenvalue weighted by Crippen LogP contribution is -1.91. The average Bonchev–Trinajstić information content (AvgIpc) is 2.92. The molecule has 19 heavy (non-hydrogen) atoms. The third kappa shape index (κ3) is 3.54. The predicted octanol–water partition coefficient (Wildman–Crippen LogP) is 5.35. The Kier molecular flexibility index (Phi) is 5.34. The minimum absolute atomic E-state index is 0.834. The van der Waals surface area contributed by atoms with Gasteiger partial charge in [-0.1, -0.05) is 50.5 Å². The van der Waals surface area contributed by atoms with Crippen molar-refractivity contribution in [2.45, 2.75) is 39.0 Å². The fourth-order valence-corrected chi connectivity index (χ4v) is 3.09. The minimum Gasteiger partial charge on any atom is -0.297 e. The maximum Gasteiger partial charge on any atom is 0.160 e. The van der Waals surface area contributed by atoms with E-state index >= 15 is 0 Å². The molecule has 2 rings (SSSR count). The van der Waals surface area contributed by atoms with Gasteiger partial charge in [0.25, 0.3) is 0 Å². The van der Waals surface area contributed by atoms with Crippen molar-refractivity contribution in [2.75, 3.05) is 0 Å². The van der Waals surface area contributed by atoms with Gasteiger partial charge < -0.3 is 0 Å². The first-order valence-electron chi connectivity index (χ1n) is 6.97. The van der Waals surface area contributed by atoms with Crippen LogP contribution in [0.4, 0.5) is 0 Å². The van der Waals surface area contributed by atoms with Gasteiger partial charge in [-0.05, 0) is 35.4 Å². The van der Waals surface area contributed by atoms with Crippen LogP contribution >= 0.6 is 11.3 Å². The summed E-state index contributed by atoms with van der Waals surface area (Å²) in [6.45, 7) is 2.23. The number of hydrogen-bond donors (Lipinski definition) is 0. The van der Waals surface area contributed by atoms with Crippen molar-refractivity contribution in [1.82, 2.24) is 0 Å². The maximum absolute atomic E-state index is 11.1. The normalized spacial score (nSPS) is 10.6. The number of rotatable bonds is 7. The van der Waals surface area contributed by atoms with E-state index in [4.69, 9.17) is 0 Å². The van der Waals surface area contributed by atoms with Gasteiger partial charge in [-0.15, -0.1) is 11.3 Å². The third-order valence-corrected chi connectivity index (χ3v) is 4.25. The molecule has 2 aromatic rings. The highest BCUT2D eigenvalue weighted by Gasteiger charge is 2.09. The van der Waals surface area contributed by atoms with Crippen molar-refractivity contribution in [2.24, 2.45) is 0 Å². The summed E-state index contributed by atoms with van der Waals surface area (Å²) in [5, 5.41) is 1.99. The molecule has 1 nitrogen and oxygen atoms in total. The van der Waals surface area contributed by atoms with Gasteiger partial charge in [0.05, 0.1) is 4.88 Å². The van der Waals surface area contributed by atoms with Crippen LogP contribution in [0.25, 0.3) is 11.1 Å². The largest absolute Gasteiger partial charge is 0.297 e. The lowest BCUT2D eigenvalue weighted by molar-refractivity contribution is 0.112. The zero-order chi connectivity index (χ0) is 13.5. The van der Waals surface area contributed by atoms with E-state index in [0.29, 0.717) is 0 Å². The molecule has 0 atom stereocenters. The molecule has 0 fully saturated rings. The van der Waals surface area contributed by atoms with Crippen LogP contribution in [0, 0.1) is 0 Å². The summed E-state index contributed by atoms with van der Waals surface area (Å²) >= 11 is 1.52. The summed E-state index contributed by atoms with van der Waals surface area (Å²) in [5.74, 6) is 0. The standard InChI is InChI=1S/C17H20OS/c1-2-3-4-5-8-14-9-6-7-10-15(14)16-11-12-19-17(16)13-18/h6-7,9-13H,2-5,8H2,1H3. The van der Waals surface area contributed by atoms with E-state index in [1.54, 1.807) is 0 Å². The zero-order valence-corrected chi connectivity index (χ0v) is 12.2. The Bertz CT molecular complexity index is 528. The predicted molar refractivity (Wildman–Crippen MR) is 83.0 cm³/mol. The maximum atomic E-state index is 11.1. The van der Waals surface area contributed by atoms with Gasteiger partial charge in [0, 0.05) is 5.56 Å². The van der Waals surface area contributed by atoms with Gasteiger partial charge >= 0.3 is 0 Å². The lowest BCUT2D eigenvalue weighted by Gasteiger charge is -2.09. The molecule has 100 valence electrons. The van der Waals surface area contributed by atoms with Crippen LogP contribution in [0.15, 0.2) is 35.7 Å². The molecular weight excluding hydrogens is 252 g/mol. The van der Waals surface area contributed by atoms with E-state index in [2.05, 4.69) is 37.3 Å². The Hall–Kier alpha value is -1.41. The second-order valence-electron chi connectivity index (χ2n) is 4.78. The topological polar surface area (TPSA) is 17.1 Å². The SMILES string of the molecule is CCCCCCc1ccccc1-c1ccsc1C=O. The van der Waals surface area contributed by atoms with Gasteiger partial charge in [0.15, 0.2) is 6.29 Å². The monoisotopic (exact) mass is 272 g/mol. The summed E-state index contributed by atoms with van der Waals surface area (Å²) in [5.41, 5.74) is 3.67. The number of unbranched alkanes of at least 4 members (excludes halogenated alkanes) is 3. The van der Waals surface area contributed by atoms with Crippen LogP contribution in [-0.2, 0) is 6.42 Å². The number of hydrogen-bond acceptors (Lipinski definition) is 2. The lowest BCUT2D eigenvalue weighted by atomic mass is 9.96. The molecule has 0 saturated heterocycles. The molecule has 1 heterocycles. The molecule has 0 bridgehead atoms. The summed E-state index contributed by atoms with van der Waals surface area (Å²) < 4.78 is 0. The summed E-state index contributed by atoms with van der Waals surface area (Å²) in [6.07, 6.45) is 7.15. The first-order valence-corrected chi connectivity index (χ1v) is 7.85. The third-order valence-electron chi connectivity index (χ3n) is 3.41. The van der Waals surface area contributed by atoms with Crippen molar-refractivity contribution < 1.29 is 4.79 Å². The Morgan fingerprint density at radius 3 is 2.68 bits per heavy atom. The molecule has 0 N–H and O–H groups in total. The molecule has 1 aromatic carbocycles. The number of thiophene rings is 1. The van der Waals surface area contributed by atoms with E-state index in [1.165, 1.54) is 48.1 Å². The van der Waals surface area contributed by atoms with Crippen molar-refractivity contribution in [3.63, 3.8) is 0 Å². The van der Waals surface area contributed by atoms with Crippen LogP contribution in [0.3, 0.4) is 0 Å². The van der Waals surface area contributed by atoms with E-state index in [0.717, 1.165) is 23.1 Å². The van der Waals surface area contributed by atoms with E-state index < -0.39 is 0 Å². The van der Waals surface area contributed by atoms with Gasteiger partial charge in [0.1, 0.15) is 0 Å². The molecule has 0 radical (unpaired) electrons. The molecule has 0 saturated carbocycles. The molecule has 0 unspecified atom stereocenters. The summed E-state index contributed by atoms with van der Waals surface area (Å²) in [6, 6.07) is 10.5. The molecule has 1 aromatic heterocycles. The number of aldehydes is 1. The van der Waals surface area contributed by atoms with Crippen LogP contribution in [-0.4, -0.2) is 6.29 Å². The fraction of sp³-hybridized carbons (Fsp3) is 0.353. The summed E-state index contributed by atoms with van der Waals surface area (Å²) in [7, 11) is 0. The van der Waals surface area contributed by atoms with Gasteiger partial charge in [-0.2, -0.15) is 0 Å². The van der Waals surface area contributed by atoms with E-state index in [9.17, 15) is 4.79 Å². The second-order valence-corrected chi connectivity index (χ2v) is 5.73. The average molecular weight is 272 g/mol. The zero-order valence-electron chi connectivity index (χ0n) is 11.4. The Morgan fingerprint density at radius 2 is 1.89 bits per heavy atom. The van der Waals surface area contributed by atoms with Crippen molar-refractivity contribution in [3.05, 3.63) is 46.2 Å². The number of aryl methyl sites for hydroxylation is 1. The van der Waals surface area contributed by atoms with Crippen molar-refractivity contribution in [1.29, 1.82) is 0 Å². The van der Waals surface area contributed by atoms with Gasteiger partial charge in [-0.25, -0.2) is 0 Å². The molecule has 0 aliphatic carbocycles. The number of carbonyl (C=O) groups is 1. The Morgan fingerprint density at radius 1 is 1.05 bits per heavy atom. The Labute approximate surface area is 119 Å². The van der Waals surface area contributed by atoms with Gasteiger partial charge in [0.2, 0.25) is 0 Å². The first-order chi connectivity index (χ1) is 9.36. The second kappa shape index (κ2) is 7.25. The number of benzene rings is 1. The van der Waals surface area contributed by atoms with Crippen LogP contribution in [0.1, 0.15) is 47.8 Å². The highest BCUT2D eigenvalue weighted by molar-refractivity contribution is 7.12. The summed E-state index contributed by atoms with van der Waals surface area (Å²) in [4.78, 5) is 11.9. The molecular formula is C17H20OS. The Balaban J connectivity index is 2.19. The quantitative estimate of drug-likeness (QED) is 0.490. The minimum atomic E-state index is 0.834. The molecule has 0 aliphatic heterocycles. The molecule has 0 amide bonds. The van der Waals surface area contributed by atoms with Crippen LogP contribution in [0.5, 0.6) is 0 Å². The molecule has 0 spiro atoms. The van der Waals surface area contributed by atoms with E-state index in [1.807, 2.05) is 5.38 Å². The van der Waals surface area contributed by atoms with Crippen LogP contribution in [0.2, 0.25) is 0 Å².